The second-order valence-electron chi connectivity index (χ2n) is 4.20. The predicted molar refractivity (Wildman–Crippen MR) is 49.7 cm³/mol. The van der Waals surface area contributed by atoms with Crippen LogP contribution in [-0.4, -0.2) is 34.5 Å². The van der Waals surface area contributed by atoms with Crippen LogP contribution in [0.3, 0.4) is 0 Å². The van der Waals surface area contributed by atoms with Crippen molar-refractivity contribution in [2.45, 2.75) is 38.1 Å². The SMILES string of the molecule is O=C(O)C1CCC(=O)N(C2CCC2)C1. The van der Waals surface area contributed by atoms with E-state index in [2.05, 4.69) is 0 Å². The molecule has 1 N–H and O–H groups in total. The van der Waals surface area contributed by atoms with E-state index < -0.39 is 5.97 Å². The molecule has 0 radical (unpaired) electrons. The zero-order valence-electron chi connectivity index (χ0n) is 8.11. The number of piperidine rings is 1. The topological polar surface area (TPSA) is 57.6 Å². The lowest BCUT2D eigenvalue weighted by Crippen LogP contribution is -2.50. The van der Waals surface area contributed by atoms with Gasteiger partial charge in [-0.1, -0.05) is 0 Å². The lowest BCUT2D eigenvalue weighted by atomic mass is 9.87. The summed E-state index contributed by atoms with van der Waals surface area (Å²) in [6, 6.07) is 0.338. The summed E-state index contributed by atoms with van der Waals surface area (Å²) in [5.41, 5.74) is 0. The Morgan fingerprint density at radius 1 is 1.36 bits per heavy atom. The van der Waals surface area contributed by atoms with Crippen molar-refractivity contribution >= 4 is 11.9 Å². The van der Waals surface area contributed by atoms with Gasteiger partial charge in [-0.05, 0) is 25.7 Å². The predicted octanol–water partition coefficient (Wildman–Crippen LogP) is 0.862. The van der Waals surface area contributed by atoms with Gasteiger partial charge in [-0.2, -0.15) is 0 Å². The van der Waals surface area contributed by atoms with E-state index in [0.29, 0.717) is 25.4 Å². The Morgan fingerprint density at radius 2 is 2.07 bits per heavy atom. The molecule has 1 amide bonds. The van der Waals surface area contributed by atoms with E-state index in [9.17, 15) is 9.59 Å². The maximum absolute atomic E-state index is 11.5. The Labute approximate surface area is 82.9 Å². The highest BCUT2D eigenvalue weighted by molar-refractivity contribution is 5.80. The molecule has 14 heavy (non-hydrogen) atoms. The summed E-state index contributed by atoms with van der Waals surface area (Å²) in [5.74, 6) is -0.956. The van der Waals surface area contributed by atoms with Crippen LogP contribution in [0.2, 0.25) is 0 Å². The quantitative estimate of drug-likeness (QED) is 0.714. The number of likely N-dealkylation sites (tertiary alicyclic amines) is 1. The lowest BCUT2D eigenvalue weighted by molar-refractivity contribution is -0.149. The normalized spacial score (nSPS) is 28.7. The third kappa shape index (κ3) is 1.61. The van der Waals surface area contributed by atoms with Gasteiger partial charge in [0.15, 0.2) is 0 Å². The highest BCUT2D eigenvalue weighted by Gasteiger charge is 2.36. The number of nitrogens with zero attached hydrogens (tertiary/aromatic N) is 1. The number of aliphatic carboxylic acids is 1. The molecule has 4 heteroatoms. The van der Waals surface area contributed by atoms with Gasteiger partial charge < -0.3 is 10.0 Å². The van der Waals surface area contributed by atoms with E-state index >= 15 is 0 Å². The summed E-state index contributed by atoms with van der Waals surface area (Å²) in [6.07, 6.45) is 4.20. The first-order valence-electron chi connectivity index (χ1n) is 5.21. The van der Waals surface area contributed by atoms with Gasteiger partial charge in [-0.15, -0.1) is 0 Å². The summed E-state index contributed by atoms with van der Waals surface area (Å²) in [4.78, 5) is 24.1. The second kappa shape index (κ2) is 3.59. The molecule has 0 aromatic rings. The molecule has 78 valence electrons. The highest BCUT2D eigenvalue weighted by atomic mass is 16.4. The fourth-order valence-electron chi connectivity index (χ4n) is 2.12. The van der Waals surface area contributed by atoms with Crippen molar-refractivity contribution in [3.63, 3.8) is 0 Å². The van der Waals surface area contributed by atoms with Gasteiger partial charge in [0.25, 0.3) is 0 Å². The Hall–Kier alpha value is -1.06. The van der Waals surface area contributed by atoms with Crippen molar-refractivity contribution < 1.29 is 14.7 Å². The van der Waals surface area contributed by atoms with Crippen molar-refractivity contribution in [3.05, 3.63) is 0 Å². The van der Waals surface area contributed by atoms with E-state index in [1.807, 2.05) is 0 Å². The van der Waals surface area contributed by atoms with E-state index in [1.54, 1.807) is 4.90 Å². The number of carboxylic acid groups (broad SMARTS) is 1. The van der Waals surface area contributed by atoms with Crippen LogP contribution in [0.5, 0.6) is 0 Å². The summed E-state index contributed by atoms with van der Waals surface area (Å²) >= 11 is 0. The number of carboxylic acids is 1. The van der Waals surface area contributed by atoms with Gasteiger partial charge in [-0.3, -0.25) is 9.59 Å². The summed E-state index contributed by atoms with van der Waals surface area (Å²) in [7, 11) is 0. The molecule has 2 aliphatic rings. The van der Waals surface area contributed by atoms with E-state index in [1.165, 1.54) is 6.42 Å². The molecule has 0 aromatic carbocycles. The van der Waals surface area contributed by atoms with Crippen LogP contribution in [0.1, 0.15) is 32.1 Å². The number of amides is 1. The second-order valence-corrected chi connectivity index (χ2v) is 4.20. The molecule has 1 atom stereocenters. The first-order valence-corrected chi connectivity index (χ1v) is 5.21. The van der Waals surface area contributed by atoms with Crippen molar-refractivity contribution in [2.24, 2.45) is 5.92 Å². The summed E-state index contributed by atoms with van der Waals surface area (Å²) in [6.45, 7) is 0.429. The maximum Gasteiger partial charge on any atom is 0.308 e. The zero-order valence-corrected chi connectivity index (χ0v) is 8.11. The average molecular weight is 197 g/mol. The minimum atomic E-state index is -0.762. The molecule has 0 spiro atoms. The molecular weight excluding hydrogens is 182 g/mol. The van der Waals surface area contributed by atoms with Crippen LogP contribution < -0.4 is 0 Å². The molecule has 1 aliphatic heterocycles. The van der Waals surface area contributed by atoms with E-state index in [4.69, 9.17) is 5.11 Å². The number of hydrogen-bond donors (Lipinski definition) is 1. The summed E-state index contributed by atoms with van der Waals surface area (Å²) in [5, 5.41) is 8.88. The third-order valence-electron chi connectivity index (χ3n) is 3.31. The number of rotatable bonds is 2. The molecule has 0 bridgehead atoms. The fraction of sp³-hybridized carbons (Fsp3) is 0.800. The monoisotopic (exact) mass is 197 g/mol. The lowest BCUT2D eigenvalue weighted by Gasteiger charge is -2.41. The van der Waals surface area contributed by atoms with Crippen molar-refractivity contribution in [3.8, 4) is 0 Å². The largest absolute Gasteiger partial charge is 0.481 e. The number of carbonyl (C=O) groups excluding carboxylic acids is 1. The number of carbonyl (C=O) groups is 2. The molecule has 1 unspecified atom stereocenters. The molecule has 1 heterocycles. The Balaban J connectivity index is 1.99. The molecule has 1 saturated carbocycles. The van der Waals surface area contributed by atoms with Crippen LogP contribution >= 0.6 is 0 Å². The first kappa shape index (κ1) is 9.49. The maximum atomic E-state index is 11.5. The molecule has 4 nitrogen and oxygen atoms in total. The Morgan fingerprint density at radius 3 is 2.57 bits per heavy atom. The standard InChI is InChI=1S/C10H15NO3/c12-9-5-4-7(10(13)14)6-11(9)8-2-1-3-8/h7-8H,1-6H2,(H,13,14). The fourth-order valence-corrected chi connectivity index (χ4v) is 2.12. The molecule has 1 saturated heterocycles. The van der Waals surface area contributed by atoms with Gasteiger partial charge >= 0.3 is 5.97 Å². The summed E-state index contributed by atoms with van der Waals surface area (Å²) < 4.78 is 0. The molecule has 2 fully saturated rings. The third-order valence-corrected chi connectivity index (χ3v) is 3.31. The van der Waals surface area contributed by atoms with Gasteiger partial charge in [0.1, 0.15) is 0 Å². The van der Waals surface area contributed by atoms with Crippen LogP contribution in [0.4, 0.5) is 0 Å². The van der Waals surface area contributed by atoms with Crippen molar-refractivity contribution in [2.75, 3.05) is 6.54 Å². The van der Waals surface area contributed by atoms with E-state index in [-0.39, 0.29) is 11.8 Å². The van der Waals surface area contributed by atoms with Gasteiger partial charge in [-0.25, -0.2) is 0 Å². The molecular formula is C10H15NO3. The van der Waals surface area contributed by atoms with Crippen molar-refractivity contribution in [1.29, 1.82) is 0 Å². The van der Waals surface area contributed by atoms with Crippen LogP contribution in [0.25, 0.3) is 0 Å². The molecule has 2 rings (SSSR count). The van der Waals surface area contributed by atoms with Crippen LogP contribution in [-0.2, 0) is 9.59 Å². The average Bonchev–Trinajstić information content (AvgIpc) is 2.05. The zero-order chi connectivity index (χ0) is 10.1. The minimum absolute atomic E-state index is 0.146. The first-order chi connectivity index (χ1) is 6.68. The number of hydrogen-bond acceptors (Lipinski definition) is 2. The molecule has 0 aromatic heterocycles. The minimum Gasteiger partial charge on any atom is -0.481 e. The smallest absolute Gasteiger partial charge is 0.308 e. The Bertz CT molecular complexity index is 260. The highest BCUT2D eigenvalue weighted by Crippen LogP contribution is 2.29. The molecule has 1 aliphatic carbocycles. The van der Waals surface area contributed by atoms with Gasteiger partial charge in [0, 0.05) is 19.0 Å². The van der Waals surface area contributed by atoms with Crippen LogP contribution in [0.15, 0.2) is 0 Å². The van der Waals surface area contributed by atoms with Gasteiger partial charge in [0.05, 0.1) is 5.92 Å². The van der Waals surface area contributed by atoms with Crippen molar-refractivity contribution in [1.82, 2.24) is 4.90 Å². The van der Waals surface area contributed by atoms with Crippen LogP contribution in [0, 0.1) is 5.92 Å². The Kier molecular flexibility index (Phi) is 2.44. The van der Waals surface area contributed by atoms with E-state index in [0.717, 1.165) is 12.8 Å². The van der Waals surface area contributed by atoms with Gasteiger partial charge in [0.2, 0.25) is 5.91 Å².